The fraction of sp³-hybridized carbons (Fsp3) is 0.393. The Hall–Kier alpha value is -3.61. The lowest BCUT2D eigenvalue weighted by Crippen LogP contribution is -2.57. The van der Waals surface area contributed by atoms with Crippen LogP contribution in [0.5, 0.6) is 0 Å². The van der Waals surface area contributed by atoms with Gasteiger partial charge in [0, 0.05) is 18.3 Å². The Balaban J connectivity index is 1.35. The molecule has 3 aliphatic rings. The van der Waals surface area contributed by atoms with Gasteiger partial charge in [-0.05, 0) is 42.0 Å². The quantitative estimate of drug-likeness (QED) is 0.367. The van der Waals surface area contributed by atoms with E-state index in [-0.39, 0.29) is 44.0 Å². The maximum absolute atomic E-state index is 13.1. The molecule has 7 nitrogen and oxygen atoms in total. The molecule has 2 aromatic carbocycles. The van der Waals surface area contributed by atoms with Crippen molar-refractivity contribution in [3.05, 3.63) is 71.8 Å². The van der Waals surface area contributed by atoms with Crippen molar-refractivity contribution in [1.29, 1.82) is 0 Å². The molecule has 4 unspecified atom stereocenters. The van der Waals surface area contributed by atoms with Gasteiger partial charge in [0.2, 0.25) is 0 Å². The van der Waals surface area contributed by atoms with Gasteiger partial charge in [0.05, 0.1) is 19.1 Å². The molecule has 2 saturated carbocycles. The maximum atomic E-state index is 13.1. The predicted octanol–water partition coefficient (Wildman–Crippen LogP) is 4.21. The first-order valence-electron chi connectivity index (χ1n) is 12.1. The van der Waals surface area contributed by atoms with Crippen LogP contribution in [0.3, 0.4) is 0 Å². The van der Waals surface area contributed by atoms with Crippen molar-refractivity contribution in [2.45, 2.75) is 31.7 Å². The minimum Gasteiger partial charge on any atom is -0.466 e. The molecule has 4 atom stereocenters. The van der Waals surface area contributed by atoms with Crippen LogP contribution in [0.1, 0.15) is 37.3 Å². The third-order valence-electron chi connectivity index (χ3n) is 7.43. The lowest BCUT2D eigenvalue weighted by Gasteiger charge is -2.30. The molecule has 7 heteroatoms. The fourth-order valence-corrected chi connectivity index (χ4v) is 6.02. The lowest BCUT2D eigenvalue weighted by atomic mass is 9.89. The zero-order valence-corrected chi connectivity index (χ0v) is 19.9. The zero-order chi connectivity index (χ0) is 24.7. The van der Waals surface area contributed by atoms with Crippen LogP contribution in [0, 0.1) is 17.8 Å². The average molecular weight is 476 g/mol. The standard InChI is InChI=1S/C28H29NO6/c1-4-33-25(30)23-22-16(3)14-28(24(22)23,26(31)34-5-2)29-27(32)35-15-21-19-12-8-6-10-17(19)18-11-7-9-13-20(18)21/h6-13,21-24H,3-5,14-15H2,1-2H3,(H,29,32). The van der Waals surface area contributed by atoms with Crippen molar-refractivity contribution < 1.29 is 28.6 Å². The molecule has 0 aliphatic heterocycles. The van der Waals surface area contributed by atoms with Crippen LogP contribution in [0.4, 0.5) is 4.79 Å². The molecule has 1 amide bonds. The van der Waals surface area contributed by atoms with Crippen LogP contribution < -0.4 is 5.32 Å². The number of amides is 1. The Morgan fingerprint density at radius 1 is 0.943 bits per heavy atom. The summed E-state index contributed by atoms with van der Waals surface area (Å²) in [4.78, 5) is 38.7. The first-order chi connectivity index (χ1) is 16.9. The molecular formula is C28H29NO6. The van der Waals surface area contributed by atoms with Gasteiger partial charge in [-0.3, -0.25) is 4.79 Å². The normalized spacial score (nSPS) is 25.8. The Morgan fingerprint density at radius 3 is 2.14 bits per heavy atom. The second-order valence-electron chi connectivity index (χ2n) is 9.31. The van der Waals surface area contributed by atoms with E-state index in [0.29, 0.717) is 0 Å². The third-order valence-corrected chi connectivity index (χ3v) is 7.43. The SMILES string of the molecule is C=C1CC(NC(=O)OCC2c3ccccc3-c3ccccc32)(C(=O)OCC)C2C1C2C(=O)OCC. The maximum Gasteiger partial charge on any atom is 0.408 e. The largest absolute Gasteiger partial charge is 0.466 e. The molecule has 1 N–H and O–H groups in total. The minimum absolute atomic E-state index is 0.105. The molecule has 0 saturated heterocycles. The number of hydrogen-bond donors (Lipinski definition) is 1. The number of ether oxygens (including phenoxy) is 3. The van der Waals surface area contributed by atoms with Crippen molar-refractivity contribution in [2.75, 3.05) is 19.8 Å². The Morgan fingerprint density at radius 2 is 1.54 bits per heavy atom. The summed E-state index contributed by atoms with van der Waals surface area (Å²) in [5.74, 6) is -2.25. The van der Waals surface area contributed by atoms with E-state index in [4.69, 9.17) is 14.2 Å². The van der Waals surface area contributed by atoms with Gasteiger partial charge < -0.3 is 19.5 Å². The van der Waals surface area contributed by atoms with E-state index < -0.39 is 29.4 Å². The minimum atomic E-state index is -1.39. The predicted molar refractivity (Wildman–Crippen MR) is 128 cm³/mol. The van der Waals surface area contributed by atoms with E-state index in [0.717, 1.165) is 27.8 Å². The number of alkyl carbamates (subject to hydrolysis) is 1. The first-order valence-corrected chi connectivity index (χ1v) is 12.1. The number of esters is 2. The molecule has 35 heavy (non-hydrogen) atoms. The number of fused-ring (bicyclic) bond motifs is 4. The average Bonchev–Trinajstić information content (AvgIpc) is 3.45. The summed E-state index contributed by atoms with van der Waals surface area (Å²) in [5.41, 5.74) is 3.80. The topological polar surface area (TPSA) is 90.9 Å². The number of carbonyl (C=O) groups is 3. The molecule has 2 fully saturated rings. The molecule has 5 rings (SSSR count). The highest BCUT2D eigenvalue weighted by atomic mass is 16.6. The van der Waals surface area contributed by atoms with Crippen molar-refractivity contribution in [1.82, 2.24) is 5.32 Å². The molecule has 0 heterocycles. The van der Waals surface area contributed by atoms with E-state index in [1.54, 1.807) is 13.8 Å². The molecule has 2 aromatic rings. The van der Waals surface area contributed by atoms with Crippen LogP contribution in [0.2, 0.25) is 0 Å². The highest BCUT2D eigenvalue weighted by molar-refractivity contribution is 5.92. The number of carbonyl (C=O) groups excluding carboxylic acids is 3. The van der Waals surface area contributed by atoms with Gasteiger partial charge in [-0.1, -0.05) is 60.7 Å². The highest BCUT2D eigenvalue weighted by Crippen LogP contribution is 2.65. The summed E-state index contributed by atoms with van der Waals surface area (Å²) in [6, 6.07) is 16.2. The summed E-state index contributed by atoms with van der Waals surface area (Å²) in [5, 5.41) is 2.79. The molecule has 182 valence electrons. The Kier molecular flexibility index (Phi) is 5.87. The number of hydrogen-bond acceptors (Lipinski definition) is 6. The van der Waals surface area contributed by atoms with E-state index in [9.17, 15) is 14.4 Å². The van der Waals surface area contributed by atoms with Gasteiger partial charge >= 0.3 is 18.0 Å². The summed E-state index contributed by atoms with van der Waals surface area (Å²) < 4.78 is 16.2. The first kappa shape index (κ1) is 23.1. The molecule has 0 aromatic heterocycles. The van der Waals surface area contributed by atoms with Gasteiger partial charge in [0.15, 0.2) is 0 Å². The molecular weight excluding hydrogens is 446 g/mol. The number of benzene rings is 2. The van der Waals surface area contributed by atoms with E-state index in [1.807, 2.05) is 36.4 Å². The molecule has 3 aliphatic carbocycles. The second-order valence-corrected chi connectivity index (χ2v) is 9.31. The van der Waals surface area contributed by atoms with Gasteiger partial charge in [0.25, 0.3) is 0 Å². The summed E-state index contributed by atoms with van der Waals surface area (Å²) in [7, 11) is 0. The van der Waals surface area contributed by atoms with Crippen LogP contribution in [0.15, 0.2) is 60.7 Å². The zero-order valence-electron chi connectivity index (χ0n) is 19.9. The second kappa shape index (κ2) is 8.87. The van der Waals surface area contributed by atoms with Crippen LogP contribution in [-0.2, 0) is 23.8 Å². The van der Waals surface area contributed by atoms with E-state index >= 15 is 0 Å². The fourth-order valence-electron chi connectivity index (χ4n) is 6.02. The van der Waals surface area contributed by atoms with Gasteiger partial charge in [0.1, 0.15) is 12.1 Å². The third kappa shape index (κ3) is 3.70. The van der Waals surface area contributed by atoms with Crippen molar-refractivity contribution >= 4 is 18.0 Å². The summed E-state index contributed by atoms with van der Waals surface area (Å²) in [6.07, 6.45) is -0.510. The van der Waals surface area contributed by atoms with Crippen LogP contribution in [-0.4, -0.2) is 43.4 Å². The number of nitrogens with one attached hydrogen (secondary N) is 1. The molecule has 0 bridgehead atoms. The van der Waals surface area contributed by atoms with Crippen LogP contribution in [0.25, 0.3) is 11.1 Å². The lowest BCUT2D eigenvalue weighted by molar-refractivity contribution is -0.153. The van der Waals surface area contributed by atoms with Gasteiger partial charge in [-0.25, -0.2) is 9.59 Å². The van der Waals surface area contributed by atoms with E-state index in [1.165, 1.54) is 0 Å². The molecule has 0 radical (unpaired) electrons. The van der Waals surface area contributed by atoms with Gasteiger partial charge in [-0.2, -0.15) is 0 Å². The van der Waals surface area contributed by atoms with Crippen molar-refractivity contribution in [3.63, 3.8) is 0 Å². The summed E-state index contributed by atoms with van der Waals surface area (Å²) in [6.45, 7) is 8.02. The summed E-state index contributed by atoms with van der Waals surface area (Å²) >= 11 is 0. The van der Waals surface area contributed by atoms with Crippen molar-refractivity contribution in [2.24, 2.45) is 17.8 Å². The highest BCUT2D eigenvalue weighted by Gasteiger charge is 2.74. The smallest absolute Gasteiger partial charge is 0.408 e. The molecule has 0 spiro atoms. The monoisotopic (exact) mass is 475 g/mol. The van der Waals surface area contributed by atoms with Crippen molar-refractivity contribution in [3.8, 4) is 11.1 Å². The van der Waals surface area contributed by atoms with Crippen LogP contribution >= 0.6 is 0 Å². The Bertz CT molecular complexity index is 1160. The van der Waals surface area contributed by atoms with Gasteiger partial charge in [-0.15, -0.1) is 0 Å². The Labute approximate surface area is 204 Å². The number of rotatable bonds is 7. The van der Waals surface area contributed by atoms with E-state index in [2.05, 4.69) is 24.0 Å².